The van der Waals surface area contributed by atoms with E-state index in [-0.39, 0.29) is 6.61 Å². The van der Waals surface area contributed by atoms with Crippen LogP contribution >= 0.6 is 0 Å². The van der Waals surface area contributed by atoms with Crippen molar-refractivity contribution in [2.75, 3.05) is 6.61 Å². The Bertz CT molecular complexity index is 64.6. The van der Waals surface area contributed by atoms with Crippen LogP contribution in [0.3, 0.4) is 0 Å². The van der Waals surface area contributed by atoms with E-state index >= 15 is 0 Å². The number of aliphatic hydroxyl groups is 1. The van der Waals surface area contributed by atoms with Crippen LogP contribution in [0.2, 0.25) is 0 Å². The first kappa shape index (κ1) is 6.26. The van der Waals surface area contributed by atoms with Gasteiger partial charge >= 0.3 is 0 Å². The molecule has 0 radical (unpaired) electrons. The monoisotopic (exact) mass is 103 g/mol. The van der Waals surface area contributed by atoms with Crippen molar-refractivity contribution in [2.24, 2.45) is 11.6 Å². The lowest BCUT2D eigenvalue weighted by Crippen LogP contribution is -2.24. The van der Waals surface area contributed by atoms with E-state index in [0.29, 0.717) is 5.70 Å². The minimum Gasteiger partial charge on any atom is -0.403 e. The molecule has 6 N–H and O–H groups in total. The Morgan fingerprint density at radius 3 is 2.43 bits per heavy atom. The molecule has 0 bridgehead atoms. The predicted octanol–water partition coefficient (Wildman–Crippen LogP) is -1.76. The molecule has 0 aliphatic rings. The van der Waals surface area contributed by atoms with E-state index in [0.717, 1.165) is 0 Å². The zero-order valence-corrected chi connectivity index (χ0v) is 3.89. The molecule has 0 saturated carbocycles. The Balaban J connectivity index is 3.38. The van der Waals surface area contributed by atoms with Gasteiger partial charge in [0, 0.05) is 6.20 Å². The molecular weight excluding hydrogens is 94.1 g/mol. The molecule has 4 nitrogen and oxygen atoms in total. The summed E-state index contributed by atoms with van der Waals surface area (Å²) in [6.45, 7) is -0.146. The highest BCUT2D eigenvalue weighted by Gasteiger charge is 1.82. The Morgan fingerprint density at radius 1 is 1.86 bits per heavy atom. The van der Waals surface area contributed by atoms with Gasteiger partial charge in [-0.25, -0.2) is 0 Å². The molecule has 0 amide bonds. The van der Waals surface area contributed by atoms with E-state index in [2.05, 4.69) is 5.43 Å². The minimum atomic E-state index is -0.146. The lowest BCUT2D eigenvalue weighted by atomic mass is 10.5. The fraction of sp³-hybridized carbons (Fsp3) is 0.333. The molecule has 4 heteroatoms. The average molecular weight is 103 g/mol. The summed E-state index contributed by atoms with van der Waals surface area (Å²) in [6, 6.07) is 0. The zero-order chi connectivity index (χ0) is 5.70. The number of nitrogens with two attached hydrogens (primary N) is 2. The van der Waals surface area contributed by atoms with Crippen molar-refractivity contribution in [2.45, 2.75) is 0 Å². The highest BCUT2D eigenvalue weighted by Crippen LogP contribution is 1.74. The molecule has 0 spiro atoms. The number of rotatable bonds is 2. The average Bonchev–Trinajstić information content (AvgIpc) is 1.72. The number of nitrogens with one attached hydrogen (secondary N) is 1. The van der Waals surface area contributed by atoms with Crippen LogP contribution in [0.4, 0.5) is 0 Å². The summed E-state index contributed by atoms with van der Waals surface area (Å²) in [6.07, 6.45) is 1.21. The zero-order valence-electron chi connectivity index (χ0n) is 3.89. The van der Waals surface area contributed by atoms with Crippen LogP contribution in [0, 0.1) is 0 Å². The third-order valence-corrected chi connectivity index (χ3v) is 0.557. The quantitative estimate of drug-likeness (QED) is 0.246. The molecule has 0 atom stereocenters. The molecule has 0 aliphatic carbocycles. The lowest BCUT2D eigenvalue weighted by Gasteiger charge is -1.96. The van der Waals surface area contributed by atoms with E-state index in [9.17, 15) is 0 Å². The van der Waals surface area contributed by atoms with Crippen molar-refractivity contribution in [1.82, 2.24) is 5.43 Å². The number of hydrogen-bond donors (Lipinski definition) is 4. The topological polar surface area (TPSA) is 84.3 Å². The van der Waals surface area contributed by atoms with E-state index in [1.807, 2.05) is 0 Å². The van der Waals surface area contributed by atoms with Gasteiger partial charge in [-0.15, -0.1) is 0 Å². The second-order valence-electron chi connectivity index (χ2n) is 0.994. The van der Waals surface area contributed by atoms with Gasteiger partial charge in [0.05, 0.1) is 12.3 Å². The fourth-order valence-corrected chi connectivity index (χ4v) is 0.146. The van der Waals surface area contributed by atoms with Crippen molar-refractivity contribution < 1.29 is 5.11 Å². The van der Waals surface area contributed by atoms with Gasteiger partial charge in [-0.3, -0.25) is 5.84 Å². The molecule has 0 heterocycles. The van der Waals surface area contributed by atoms with Crippen molar-refractivity contribution in [3.63, 3.8) is 0 Å². The largest absolute Gasteiger partial charge is 0.403 e. The summed E-state index contributed by atoms with van der Waals surface area (Å²) < 4.78 is 0. The minimum absolute atomic E-state index is 0.146. The highest BCUT2D eigenvalue weighted by molar-refractivity contribution is 4.93. The van der Waals surface area contributed by atoms with Crippen LogP contribution in [0.1, 0.15) is 0 Å². The summed E-state index contributed by atoms with van der Waals surface area (Å²) in [5.74, 6) is 4.84. The van der Waals surface area contributed by atoms with Crippen LogP contribution in [0.15, 0.2) is 11.9 Å². The summed E-state index contributed by atoms with van der Waals surface area (Å²) in [7, 11) is 0. The fourth-order valence-electron chi connectivity index (χ4n) is 0.146. The third-order valence-electron chi connectivity index (χ3n) is 0.557. The number of aliphatic hydroxyl groups excluding tert-OH is 1. The van der Waals surface area contributed by atoms with Crippen molar-refractivity contribution in [3.8, 4) is 0 Å². The first-order chi connectivity index (χ1) is 3.35. The highest BCUT2D eigenvalue weighted by atomic mass is 16.3. The van der Waals surface area contributed by atoms with Gasteiger partial charge < -0.3 is 16.3 Å². The standard InChI is InChI=1S/C3H9N3O/c4-1-3(2-7)6-5/h1,6-7H,2,4-5H2/b3-1-. The first-order valence-electron chi connectivity index (χ1n) is 1.83. The Kier molecular flexibility index (Phi) is 3.09. The molecule has 0 rings (SSSR count). The molecule has 0 aromatic carbocycles. The van der Waals surface area contributed by atoms with Gasteiger partial charge in [-0.05, 0) is 0 Å². The van der Waals surface area contributed by atoms with Crippen LogP contribution < -0.4 is 17.0 Å². The molecule has 7 heavy (non-hydrogen) atoms. The number of hydrazine groups is 1. The molecule has 0 aromatic rings. The second kappa shape index (κ2) is 3.45. The summed E-state index contributed by atoms with van der Waals surface area (Å²) in [4.78, 5) is 0. The van der Waals surface area contributed by atoms with Gasteiger partial charge in [-0.1, -0.05) is 0 Å². The van der Waals surface area contributed by atoms with E-state index in [1.165, 1.54) is 6.20 Å². The maximum absolute atomic E-state index is 8.24. The Labute approximate surface area is 41.8 Å². The Morgan fingerprint density at radius 2 is 2.43 bits per heavy atom. The van der Waals surface area contributed by atoms with Crippen LogP contribution in [-0.2, 0) is 0 Å². The van der Waals surface area contributed by atoms with E-state index in [1.54, 1.807) is 0 Å². The van der Waals surface area contributed by atoms with Gasteiger partial charge in [-0.2, -0.15) is 0 Å². The third kappa shape index (κ3) is 2.02. The predicted molar refractivity (Wildman–Crippen MR) is 26.7 cm³/mol. The van der Waals surface area contributed by atoms with Gasteiger partial charge in [0.25, 0.3) is 0 Å². The van der Waals surface area contributed by atoms with Crippen LogP contribution in [0.25, 0.3) is 0 Å². The van der Waals surface area contributed by atoms with E-state index in [4.69, 9.17) is 16.7 Å². The molecule has 0 saturated heterocycles. The van der Waals surface area contributed by atoms with Crippen molar-refractivity contribution >= 4 is 0 Å². The molecule has 42 valence electrons. The van der Waals surface area contributed by atoms with Gasteiger partial charge in [0.1, 0.15) is 0 Å². The Hall–Kier alpha value is -0.740. The van der Waals surface area contributed by atoms with Gasteiger partial charge in [0.2, 0.25) is 0 Å². The van der Waals surface area contributed by atoms with Crippen molar-refractivity contribution in [3.05, 3.63) is 11.9 Å². The van der Waals surface area contributed by atoms with Crippen molar-refractivity contribution in [1.29, 1.82) is 0 Å². The summed E-state index contributed by atoms with van der Waals surface area (Å²) in [5, 5.41) is 8.24. The maximum atomic E-state index is 8.24. The summed E-state index contributed by atoms with van der Waals surface area (Å²) in [5.41, 5.74) is 7.53. The molecule has 0 unspecified atom stereocenters. The van der Waals surface area contributed by atoms with Crippen LogP contribution in [0.5, 0.6) is 0 Å². The maximum Gasteiger partial charge on any atom is 0.0855 e. The lowest BCUT2D eigenvalue weighted by molar-refractivity contribution is 0.321. The smallest absolute Gasteiger partial charge is 0.0855 e. The molecule has 0 aliphatic heterocycles. The molecule has 0 aromatic heterocycles. The normalized spacial score (nSPS) is 11.4. The van der Waals surface area contributed by atoms with Gasteiger partial charge in [0.15, 0.2) is 0 Å². The number of hydrogen-bond acceptors (Lipinski definition) is 4. The molecule has 0 fully saturated rings. The SMILES string of the molecule is N/C=C(/CO)NN. The van der Waals surface area contributed by atoms with Crippen LogP contribution in [-0.4, -0.2) is 11.7 Å². The molecular formula is C3H9N3O. The second-order valence-corrected chi connectivity index (χ2v) is 0.994. The first-order valence-corrected chi connectivity index (χ1v) is 1.83. The summed E-state index contributed by atoms with van der Waals surface area (Å²) >= 11 is 0. The van der Waals surface area contributed by atoms with E-state index < -0.39 is 0 Å².